The number of carbonyl (C=O) groups is 1. The molecular weight excluding hydrogens is 464 g/mol. The van der Waals surface area contributed by atoms with E-state index in [2.05, 4.69) is 54.5 Å². The quantitative estimate of drug-likeness (QED) is 0.324. The molecule has 6 heteroatoms. The Bertz CT molecular complexity index is 1290. The number of fused-ring (bicyclic) bond motifs is 1. The fourth-order valence-electron chi connectivity index (χ4n) is 5.60. The van der Waals surface area contributed by atoms with Crippen molar-refractivity contribution in [2.24, 2.45) is 5.92 Å². The van der Waals surface area contributed by atoms with Gasteiger partial charge in [-0.3, -0.25) is 9.78 Å². The molecule has 194 valence electrons. The van der Waals surface area contributed by atoms with Gasteiger partial charge in [-0.25, -0.2) is 0 Å². The van der Waals surface area contributed by atoms with Crippen molar-refractivity contribution in [1.82, 2.24) is 4.98 Å². The van der Waals surface area contributed by atoms with E-state index < -0.39 is 11.6 Å². The summed E-state index contributed by atoms with van der Waals surface area (Å²) < 4.78 is 5.95. The average Bonchev–Trinajstić information content (AvgIpc) is 3.53. The molecule has 0 amide bonds. The van der Waals surface area contributed by atoms with Crippen LogP contribution in [0, 0.1) is 19.8 Å². The number of hydrogen-bond acceptors (Lipinski definition) is 5. The number of benzene rings is 2. The lowest BCUT2D eigenvalue weighted by Crippen LogP contribution is -2.21. The second kappa shape index (κ2) is 9.82. The zero-order chi connectivity index (χ0) is 26.3. The SMILES string of the molecule is Cc1cc(OCCC(C)(C)O)cc(C)c1-c1cccc2c1CC[C@H]2Nc1ccc([C@@H]2C[C@H]2C(=O)O)nc1. The van der Waals surface area contributed by atoms with Gasteiger partial charge in [0.25, 0.3) is 0 Å². The van der Waals surface area contributed by atoms with E-state index in [1.54, 1.807) is 13.8 Å². The minimum atomic E-state index is -0.738. The maximum atomic E-state index is 11.2. The van der Waals surface area contributed by atoms with Gasteiger partial charge in [-0.05, 0) is 105 Å². The summed E-state index contributed by atoms with van der Waals surface area (Å²) in [4.78, 5) is 15.7. The summed E-state index contributed by atoms with van der Waals surface area (Å²) in [5, 5.41) is 22.8. The number of carboxylic acids is 1. The first-order chi connectivity index (χ1) is 17.6. The number of nitrogens with one attached hydrogen (secondary N) is 1. The van der Waals surface area contributed by atoms with Gasteiger partial charge in [0, 0.05) is 18.0 Å². The van der Waals surface area contributed by atoms with Crippen LogP contribution >= 0.6 is 0 Å². The number of rotatable bonds is 9. The molecule has 0 radical (unpaired) electrons. The number of pyridine rings is 1. The maximum absolute atomic E-state index is 11.2. The molecule has 3 N–H and O–H groups in total. The third-order valence-corrected chi connectivity index (χ3v) is 7.64. The van der Waals surface area contributed by atoms with Gasteiger partial charge >= 0.3 is 5.97 Å². The molecule has 37 heavy (non-hydrogen) atoms. The van der Waals surface area contributed by atoms with E-state index in [0.29, 0.717) is 19.4 Å². The lowest BCUT2D eigenvalue weighted by molar-refractivity contribution is -0.138. The van der Waals surface area contributed by atoms with Crippen molar-refractivity contribution in [3.05, 3.63) is 76.6 Å². The summed E-state index contributed by atoms with van der Waals surface area (Å²) in [5.74, 6) is -0.129. The molecule has 1 heterocycles. The molecule has 6 nitrogen and oxygen atoms in total. The Morgan fingerprint density at radius 1 is 1.16 bits per heavy atom. The predicted octanol–water partition coefficient (Wildman–Crippen LogP) is 6.19. The summed E-state index contributed by atoms with van der Waals surface area (Å²) >= 11 is 0. The molecule has 0 bridgehead atoms. The third kappa shape index (κ3) is 5.49. The minimum absolute atomic E-state index is 0.0473. The number of nitrogens with zero attached hydrogens (tertiary/aromatic N) is 1. The molecule has 5 rings (SSSR count). The number of aliphatic carboxylic acids is 1. The van der Waals surface area contributed by atoms with Crippen LogP contribution in [0.1, 0.15) is 73.0 Å². The Morgan fingerprint density at radius 2 is 1.92 bits per heavy atom. The molecule has 0 saturated heterocycles. The van der Waals surface area contributed by atoms with Crippen LogP contribution in [0.15, 0.2) is 48.7 Å². The molecule has 3 atom stereocenters. The van der Waals surface area contributed by atoms with Crippen molar-refractivity contribution in [1.29, 1.82) is 0 Å². The number of aromatic nitrogens is 1. The van der Waals surface area contributed by atoms with Crippen LogP contribution in [-0.4, -0.2) is 33.4 Å². The van der Waals surface area contributed by atoms with Gasteiger partial charge in [-0.2, -0.15) is 0 Å². The first-order valence-corrected chi connectivity index (χ1v) is 13.1. The highest BCUT2D eigenvalue weighted by atomic mass is 16.5. The Kier molecular flexibility index (Phi) is 6.71. The Balaban J connectivity index is 1.32. The zero-order valence-electron chi connectivity index (χ0n) is 22.0. The second-order valence-corrected chi connectivity index (χ2v) is 11.2. The summed E-state index contributed by atoms with van der Waals surface area (Å²) in [6.07, 6.45) is 5.10. The number of anilines is 1. The molecule has 2 aromatic carbocycles. The largest absolute Gasteiger partial charge is 0.493 e. The lowest BCUT2D eigenvalue weighted by atomic mass is 9.90. The van der Waals surface area contributed by atoms with Gasteiger partial charge in [0.2, 0.25) is 0 Å². The topological polar surface area (TPSA) is 91.7 Å². The monoisotopic (exact) mass is 500 g/mol. The number of hydrogen-bond donors (Lipinski definition) is 3. The molecule has 0 unspecified atom stereocenters. The zero-order valence-corrected chi connectivity index (χ0v) is 22.0. The molecule has 2 aliphatic carbocycles. The Labute approximate surface area is 218 Å². The maximum Gasteiger partial charge on any atom is 0.307 e. The summed E-state index contributed by atoms with van der Waals surface area (Å²) in [5.41, 5.74) is 8.69. The van der Waals surface area contributed by atoms with E-state index in [-0.39, 0.29) is 17.9 Å². The van der Waals surface area contributed by atoms with Crippen molar-refractivity contribution < 1.29 is 19.7 Å². The van der Waals surface area contributed by atoms with E-state index in [0.717, 1.165) is 30.0 Å². The van der Waals surface area contributed by atoms with Crippen molar-refractivity contribution in [3.63, 3.8) is 0 Å². The van der Waals surface area contributed by atoms with Crippen molar-refractivity contribution in [2.75, 3.05) is 11.9 Å². The van der Waals surface area contributed by atoms with Crippen LogP contribution in [0.5, 0.6) is 5.75 Å². The highest BCUT2D eigenvalue weighted by Crippen LogP contribution is 2.47. The Hall–Kier alpha value is -3.38. The van der Waals surface area contributed by atoms with E-state index in [1.165, 1.54) is 33.4 Å². The van der Waals surface area contributed by atoms with Crippen molar-refractivity contribution in [2.45, 2.75) is 70.9 Å². The van der Waals surface area contributed by atoms with Crippen LogP contribution in [0.3, 0.4) is 0 Å². The lowest BCUT2D eigenvalue weighted by Gasteiger charge is -2.20. The highest BCUT2D eigenvalue weighted by molar-refractivity contribution is 5.77. The number of carboxylic acid groups (broad SMARTS) is 1. The summed E-state index contributed by atoms with van der Waals surface area (Å²) in [6, 6.07) is 15.0. The molecular formula is C31H36N2O4. The molecule has 1 fully saturated rings. The third-order valence-electron chi connectivity index (χ3n) is 7.64. The fourth-order valence-corrected chi connectivity index (χ4v) is 5.60. The summed E-state index contributed by atoms with van der Waals surface area (Å²) in [6.45, 7) is 8.34. The highest BCUT2D eigenvalue weighted by Gasteiger charge is 2.45. The van der Waals surface area contributed by atoms with Gasteiger partial charge < -0.3 is 20.3 Å². The van der Waals surface area contributed by atoms with E-state index in [9.17, 15) is 15.0 Å². The second-order valence-electron chi connectivity index (χ2n) is 11.2. The first kappa shape index (κ1) is 25.3. The van der Waals surface area contributed by atoms with Crippen LogP contribution in [-0.2, 0) is 11.2 Å². The fraction of sp³-hybridized carbons (Fsp3) is 0.419. The van der Waals surface area contributed by atoms with E-state index in [1.807, 2.05) is 18.3 Å². The summed E-state index contributed by atoms with van der Waals surface area (Å²) in [7, 11) is 0. The average molecular weight is 501 g/mol. The molecule has 2 aliphatic rings. The number of aliphatic hydroxyl groups is 1. The van der Waals surface area contributed by atoms with Gasteiger partial charge in [-0.1, -0.05) is 18.2 Å². The smallest absolute Gasteiger partial charge is 0.307 e. The van der Waals surface area contributed by atoms with Crippen LogP contribution in [0.2, 0.25) is 0 Å². The van der Waals surface area contributed by atoms with Crippen LogP contribution in [0.25, 0.3) is 11.1 Å². The van der Waals surface area contributed by atoms with Gasteiger partial charge in [0.05, 0.1) is 36.1 Å². The van der Waals surface area contributed by atoms with Crippen molar-refractivity contribution in [3.8, 4) is 16.9 Å². The minimum Gasteiger partial charge on any atom is -0.493 e. The van der Waals surface area contributed by atoms with Crippen molar-refractivity contribution >= 4 is 11.7 Å². The van der Waals surface area contributed by atoms with Gasteiger partial charge in [-0.15, -0.1) is 0 Å². The number of ether oxygens (including phenoxy) is 1. The standard InChI is InChI=1S/C31H36N2O4/c1-18-14-21(37-13-12-31(3,4)36)15-19(2)29(18)24-7-5-6-23-22(24)9-11-28(23)33-20-8-10-27(32-17-20)25-16-26(25)30(34)35/h5-8,10,14-15,17,25-26,28,33,36H,9,11-13,16H2,1-4H3,(H,34,35)/t25-,26-,28-/m1/s1. The molecule has 0 aliphatic heterocycles. The molecule has 1 saturated carbocycles. The van der Waals surface area contributed by atoms with E-state index >= 15 is 0 Å². The molecule has 0 spiro atoms. The van der Waals surface area contributed by atoms with Crippen LogP contribution in [0.4, 0.5) is 5.69 Å². The molecule has 3 aromatic rings. The normalized spacial score (nSPS) is 20.4. The predicted molar refractivity (Wildman–Crippen MR) is 145 cm³/mol. The first-order valence-electron chi connectivity index (χ1n) is 13.1. The van der Waals surface area contributed by atoms with Gasteiger partial charge in [0.1, 0.15) is 5.75 Å². The van der Waals surface area contributed by atoms with E-state index in [4.69, 9.17) is 4.74 Å². The van der Waals surface area contributed by atoms with Crippen LogP contribution < -0.4 is 10.1 Å². The molecule has 1 aromatic heterocycles. The Morgan fingerprint density at radius 3 is 2.54 bits per heavy atom. The van der Waals surface area contributed by atoms with Gasteiger partial charge in [0.15, 0.2) is 0 Å². The number of aryl methyl sites for hydroxylation is 2.